The van der Waals surface area contributed by atoms with Gasteiger partial charge in [-0.3, -0.25) is 4.79 Å². The molecule has 1 unspecified atom stereocenters. The third-order valence-corrected chi connectivity index (χ3v) is 4.70. The Balaban J connectivity index is 2.27. The van der Waals surface area contributed by atoms with E-state index in [1.807, 2.05) is 25.2 Å². The number of amides is 1. The molecule has 1 amide bonds. The fourth-order valence-electron chi connectivity index (χ4n) is 1.98. The maximum absolute atomic E-state index is 12.3. The van der Waals surface area contributed by atoms with Gasteiger partial charge >= 0.3 is 0 Å². The molecular formula is C15H19NOS. The molecule has 1 aromatic carbocycles. The number of benzene rings is 1. The Morgan fingerprint density at radius 1 is 1.28 bits per heavy atom. The zero-order valence-corrected chi connectivity index (χ0v) is 12.2. The Bertz CT molecular complexity index is 503. The number of para-hydroxylation sites is 1. The third kappa shape index (κ3) is 2.46. The summed E-state index contributed by atoms with van der Waals surface area (Å²) in [5.74, 6) is 0.208. The van der Waals surface area contributed by atoms with Gasteiger partial charge in [-0.15, -0.1) is 11.8 Å². The molecule has 2 rings (SSSR count). The lowest BCUT2D eigenvalue weighted by atomic mass is 10.1. The van der Waals surface area contributed by atoms with Crippen LogP contribution in [0, 0.1) is 0 Å². The number of anilines is 1. The molecule has 18 heavy (non-hydrogen) atoms. The van der Waals surface area contributed by atoms with E-state index < -0.39 is 0 Å². The van der Waals surface area contributed by atoms with Crippen molar-refractivity contribution in [3.8, 4) is 0 Å². The molecule has 0 saturated heterocycles. The molecular weight excluding hydrogens is 242 g/mol. The number of thioether (sulfide) groups is 1. The number of allylic oxidation sites excluding steroid dienone is 2. The molecule has 0 fully saturated rings. The average Bonchev–Trinajstić information content (AvgIpc) is 2.35. The lowest BCUT2D eigenvalue weighted by Gasteiger charge is -2.31. The molecule has 0 N–H and O–H groups in total. The van der Waals surface area contributed by atoms with Crippen molar-refractivity contribution >= 4 is 23.4 Å². The summed E-state index contributed by atoms with van der Waals surface area (Å²) in [5, 5.41) is 0.0137. The summed E-state index contributed by atoms with van der Waals surface area (Å²) < 4.78 is 0. The topological polar surface area (TPSA) is 20.3 Å². The molecule has 0 bridgehead atoms. The SMILES string of the molecule is CC(C)=C(C)CC1Sc2ccccc2N(C)C1=O. The molecule has 0 spiro atoms. The van der Waals surface area contributed by atoms with Crippen LogP contribution in [0.25, 0.3) is 0 Å². The van der Waals surface area contributed by atoms with Gasteiger partial charge in [-0.25, -0.2) is 0 Å². The van der Waals surface area contributed by atoms with Gasteiger partial charge in [0, 0.05) is 11.9 Å². The summed E-state index contributed by atoms with van der Waals surface area (Å²) in [5.41, 5.74) is 3.65. The molecule has 1 atom stereocenters. The van der Waals surface area contributed by atoms with Crippen molar-refractivity contribution in [3.05, 3.63) is 35.4 Å². The van der Waals surface area contributed by atoms with Crippen molar-refractivity contribution in [2.45, 2.75) is 37.3 Å². The minimum absolute atomic E-state index is 0.0137. The zero-order chi connectivity index (χ0) is 13.3. The maximum atomic E-state index is 12.3. The van der Waals surface area contributed by atoms with Gasteiger partial charge in [0.1, 0.15) is 0 Å². The first-order chi connectivity index (χ1) is 8.50. The average molecular weight is 261 g/mol. The first kappa shape index (κ1) is 13.2. The van der Waals surface area contributed by atoms with Gasteiger partial charge in [-0.1, -0.05) is 23.3 Å². The molecule has 2 nitrogen and oxygen atoms in total. The lowest BCUT2D eigenvalue weighted by Crippen LogP contribution is -2.38. The van der Waals surface area contributed by atoms with E-state index in [1.165, 1.54) is 16.0 Å². The Kier molecular flexibility index (Phi) is 3.81. The van der Waals surface area contributed by atoms with E-state index in [4.69, 9.17) is 0 Å². The van der Waals surface area contributed by atoms with Crippen LogP contribution in [0.1, 0.15) is 27.2 Å². The van der Waals surface area contributed by atoms with Gasteiger partial charge in [0.2, 0.25) is 5.91 Å². The van der Waals surface area contributed by atoms with Gasteiger partial charge in [0.15, 0.2) is 0 Å². The highest BCUT2D eigenvalue weighted by Gasteiger charge is 2.31. The number of hydrogen-bond acceptors (Lipinski definition) is 2. The third-order valence-electron chi connectivity index (χ3n) is 3.45. The Morgan fingerprint density at radius 3 is 2.61 bits per heavy atom. The predicted molar refractivity (Wildman–Crippen MR) is 78.2 cm³/mol. The summed E-state index contributed by atoms with van der Waals surface area (Å²) in [6.07, 6.45) is 0.838. The van der Waals surface area contributed by atoms with Crippen molar-refractivity contribution in [2.75, 3.05) is 11.9 Å². The van der Waals surface area contributed by atoms with Crippen molar-refractivity contribution in [1.82, 2.24) is 0 Å². The van der Waals surface area contributed by atoms with Crippen LogP contribution in [-0.4, -0.2) is 18.2 Å². The van der Waals surface area contributed by atoms with E-state index in [-0.39, 0.29) is 11.2 Å². The number of carbonyl (C=O) groups is 1. The molecule has 0 aromatic heterocycles. The summed E-state index contributed by atoms with van der Waals surface area (Å²) in [6.45, 7) is 6.32. The van der Waals surface area contributed by atoms with Gasteiger partial charge in [0.05, 0.1) is 10.9 Å². The second kappa shape index (κ2) is 5.19. The van der Waals surface area contributed by atoms with Crippen LogP contribution in [0.15, 0.2) is 40.3 Å². The molecule has 0 radical (unpaired) electrons. The Morgan fingerprint density at radius 2 is 1.94 bits per heavy atom. The number of fused-ring (bicyclic) bond motifs is 1. The van der Waals surface area contributed by atoms with E-state index in [9.17, 15) is 4.79 Å². The molecule has 1 aliphatic heterocycles. The smallest absolute Gasteiger partial charge is 0.240 e. The quantitative estimate of drug-likeness (QED) is 0.753. The van der Waals surface area contributed by atoms with Gasteiger partial charge in [-0.05, 0) is 39.3 Å². The normalized spacial score (nSPS) is 18.6. The highest BCUT2D eigenvalue weighted by Crippen LogP contribution is 2.40. The van der Waals surface area contributed by atoms with E-state index in [1.54, 1.807) is 16.7 Å². The summed E-state index contributed by atoms with van der Waals surface area (Å²) >= 11 is 1.69. The van der Waals surface area contributed by atoms with E-state index >= 15 is 0 Å². The fourth-order valence-corrected chi connectivity index (χ4v) is 3.37. The summed E-state index contributed by atoms with van der Waals surface area (Å²) in [4.78, 5) is 15.3. The van der Waals surface area contributed by atoms with Crippen LogP contribution in [0.3, 0.4) is 0 Å². The number of rotatable bonds is 2. The van der Waals surface area contributed by atoms with Crippen molar-refractivity contribution in [1.29, 1.82) is 0 Å². The second-order valence-corrected chi connectivity index (χ2v) is 6.20. The number of carbonyl (C=O) groups excluding carboxylic acids is 1. The first-order valence-electron chi connectivity index (χ1n) is 6.17. The molecule has 1 aromatic rings. The van der Waals surface area contributed by atoms with Gasteiger partial charge < -0.3 is 4.90 Å². The molecule has 1 aliphatic rings. The van der Waals surface area contributed by atoms with Crippen LogP contribution in [-0.2, 0) is 4.79 Å². The van der Waals surface area contributed by atoms with Crippen molar-refractivity contribution in [3.63, 3.8) is 0 Å². The summed E-state index contributed by atoms with van der Waals surface area (Å²) in [7, 11) is 1.87. The fraction of sp³-hybridized carbons (Fsp3) is 0.400. The maximum Gasteiger partial charge on any atom is 0.240 e. The van der Waals surface area contributed by atoms with Crippen molar-refractivity contribution in [2.24, 2.45) is 0 Å². The number of nitrogens with zero attached hydrogens (tertiary/aromatic N) is 1. The largest absolute Gasteiger partial charge is 0.313 e. The zero-order valence-electron chi connectivity index (χ0n) is 11.4. The second-order valence-electron chi connectivity index (χ2n) is 4.96. The molecule has 1 heterocycles. The van der Waals surface area contributed by atoms with E-state index in [2.05, 4.69) is 26.8 Å². The van der Waals surface area contributed by atoms with Crippen LogP contribution < -0.4 is 4.90 Å². The van der Waals surface area contributed by atoms with Crippen LogP contribution >= 0.6 is 11.8 Å². The first-order valence-corrected chi connectivity index (χ1v) is 7.05. The molecule has 0 aliphatic carbocycles. The Hall–Kier alpha value is -1.22. The van der Waals surface area contributed by atoms with Crippen LogP contribution in [0.4, 0.5) is 5.69 Å². The highest BCUT2D eigenvalue weighted by atomic mass is 32.2. The molecule has 0 saturated carbocycles. The van der Waals surface area contributed by atoms with Gasteiger partial charge in [-0.2, -0.15) is 0 Å². The van der Waals surface area contributed by atoms with E-state index in [0.29, 0.717) is 0 Å². The highest BCUT2D eigenvalue weighted by molar-refractivity contribution is 8.01. The van der Waals surface area contributed by atoms with Crippen LogP contribution in [0.2, 0.25) is 0 Å². The molecule has 96 valence electrons. The lowest BCUT2D eigenvalue weighted by molar-refractivity contribution is -0.117. The van der Waals surface area contributed by atoms with Crippen LogP contribution in [0.5, 0.6) is 0 Å². The predicted octanol–water partition coefficient (Wildman–Crippen LogP) is 3.87. The Labute approximate surface area is 113 Å². The monoisotopic (exact) mass is 261 g/mol. The van der Waals surface area contributed by atoms with E-state index in [0.717, 1.165) is 12.1 Å². The van der Waals surface area contributed by atoms with Crippen molar-refractivity contribution < 1.29 is 4.79 Å². The summed E-state index contributed by atoms with van der Waals surface area (Å²) in [6, 6.07) is 8.10. The standard InChI is InChI=1S/C15H19NOS/c1-10(2)11(3)9-14-15(17)16(4)12-7-5-6-8-13(12)18-14/h5-8,14H,9H2,1-4H3. The number of hydrogen-bond donors (Lipinski definition) is 0. The minimum Gasteiger partial charge on any atom is -0.313 e. The molecule has 3 heteroatoms. The van der Waals surface area contributed by atoms with Gasteiger partial charge in [0.25, 0.3) is 0 Å². The minimum atomic E-state index is 0.0137.